The van der Waals surface area contributed by atoms with Gasteiger partial charge in [0.15, 0.2) is 0 Å². The molecule has 1 aromatic carbocycles. The second-order valence-corrected chi connectivity index (χ2v) is 6.47. The second-order valence-electron chi connectivity index (χ2n) is 5.61. The van der Waals surface area contributed by atoms with Gasteiger partial charge in [-0.25, -0.2) is 4.98 Å². The van der Waals surface area contributed by atoms with Crippen LogP contribution in [0.5, 0.6) is 5.75 Å². The number of rotatable bonds is 3. The van der Waals surface area contributed by atoms with Crippen LogP contribution in [0.4, 0.5) is 0 Å². The highest BCUT2D eigenvalue weighted by molar-refractivity contribution is 7.13. The fourth-order valence-electron chi connectivity index (χ4n) is 2.79. The number of aromatic nitrogens is 1. The maximum atomic E-state index is 12.6. The lowest BCUT2D eigenvalue weighted by Crippen LogP contribution is -2.42. The molecule has 2 aromatic rings. The Morgan fingerprint density at radius 3 is 2.77 bits per heavy atom. The van der Waals surface area contributed by atoms with Gasteiger partial charge in [0.25, 0.3) is 5.91 Å². The zero-order valence-electron chi connectivity index (χ0n) is 12.9. The molecule has 3 rings (SSSR count). The molecule has 0 radical (unpaired) electrons. The molecule has 0 saturated carbocycles. The Morgan fingerprint density at radius 1 is 1.32 bits per heavy atom. The van der Waals surface area contributed by atoms with E-state index in [4.69, 9.17) is 4.74 Å². The molecule has 1 saturated heterocycles. The van der Waals surface area contributed by atoms with Gasteiger partial charge in [-0.05, 0) is 50.5 Å². The number of likely N-dealkylation sites (tertiary alicyclic amines) is 1. The Balaban J connectivity index is 1.79. The molecule has 4 nitrogen and oxygen atoms in total. The molecule has 2 heterocycles. The summed E-state index contributed by atoms with van der Waals surface area (Å²) in [7, 11) is 1.65. The number of methoxy groups -OCH3 is 1. The van der Waals surface area contributed by atoms with Crippen LogP contribution in [0.15, 0.2) is 29.6 Å². The molecule has 1 fully saturated rings. The van der Waals surface area contributed by atoms with Crippen LogP contribution in [-0.2, 0) is 0 Å². The summed E-state index contributed by atoms with van der Waals surface area (Å²) in [4.78, 5) is 19.1. The third-order valence-corrected chi connectivity index (χ3v) is 5.02. The Morgan fingerprint density at radius 2 is 2.09 bits per heavy atom. The van der Waals surface area contributed by atoms with Crippen molar-refractivity contribution in [3.63, 3.8) is 0 Å². The smallest absolute Gasteiger partial charge is 0.273 e. The average molecular weight is 316 g/mol. The van der Waals surface area contributed by atoms with Gasteiger partial charge in [-0.2, -0.15) is 0 Å². The van der Waals surface area contributed by atoms with Crippen LogP contribution >= 0.6 is 11.3 Å². The second kappa shape index (κ2) is 6.48. The number of amides is 1. The first kappa shape index (κ1) is 15.0. The van der Waals surface area contributed by atoms with E-state index >= 15 is 0 Å². The number of nitrogens with zero attached hydrogens (tertiary/aromatic N) is 2. The Hall–Kier alpha value is -1.88. The Kier molecular flexibility index (Phi) is 4.43. The lowest BCUT2D eigenvalue weighted by Gasteiger charge is -2.32. The maximum absolute atomic E-state index is 12.6. The van der Waals surface area contributed by atoms with E-state index in [9.17, 15) is 4.79 Å². The minimum atomic E-state index is 0.0585. The molecule has 1 aromatic heterocycles. The number of carbonyl (C=O) groups is 1. The van der Waals surface area contributed by atoms with Crippen molar-refractivity contribution in [3.8, 4) is 16.3 Å². The van der Waals surface area contributed by atoms with Crippen LogP contribution in [0.1, 0.15) is 36.7 Å². The summed E-state index contributed by atoms with van der Waals surface area (Å²) in [5.41, 5.74) is 1.57. The fraction of sp³-hybridized carbons (Fsp3) is 0.412. The van der Waals surface area contributed by atoms with Gasteiger partial charge in [-0.15, -0.1) is 11.3 Å². The van der Waals surface area contributed by atoms with E-state index in [2.05, 4.69) is 11.9 Å². The van der Waals surface area contributed by atoms with E-state index in [1.807, 2.05) is 34.5 Å². The molecule has 0 spiro atoms. The van der Waals surface area contributed by atoms with Gasteiger partial charge < -0.3 is 9.64 Å². The van der Waals surface area contributed by atoms with E-state index in [0.29, 0.717) is 11.7 Å². The predicted octanol–water partition coefficient (Wildman–Crippen LogP) is 3.83. The van der Waals surface area contributed by atoms with Crippen molar-refractivity contribution < 1.29 is 9.53 Å². The van der Waals surface area contributed by atoms with Gasteiger partial charge in [0.1, 0.15) is 16.5 Å². The topological polar surface area (TPSA) is 42.4 Å². The van der Waals surface area contributed by atoms with Crippen LogP contribution in [0.3, 0.4) is 0 Å². The summed E-state index contributed by atoms with van der Waals surface area (Å²) in [6, 6.07) is 8.06. The highest BCUT2D eigenvalue weighted by Crippen LogP contribution is 2.27. The molecule has 1 aliphatic heterocycles. The lowest BCUT2D eigenvalue weighted by molar-refractivity contribution is 0.0630. The molecule has 0 aliphatic carbocycles. The van der Waals surface area contributed by atoms with Crippen molar-refractivity contribution in [3.05, 3.63) is 35.3 Å². The molecule has 1 aliphatic rings. The van der Waals surface area contributed by atoms with Gasteiger partial charge in [-0.1, -0.05) is 0 Å². The molecule has 0 N–H and O–H groups in total. The molecule has 1 unspecified atom stereocenters. The van der Waals surface area contributed by atoms with Gasteiger partial charge >= 0.3 is 0 Å². The molecule has 0 bridgehead atoms. The number of hydrogen-bond acceptors (Lipinski definition) is 4. The summed E-state index contributed by atoms with van der Waals surface area (Å²) >= 11 is 1.51. The van der Waals surface area contributed by atoms with E-state index in [-0.39, 0.29) is 5.91 Å². The molecular formula is C17H20N2O2S. The first-order valence-corrected chi connectivity index (χ1v) is 8.48. The summed E-state index contributed by atoms with van der Waals surface area (Å²) < 4.78 is 5.16. The first-order valence-electron chi connectivity index (χ1n) is 7.60. The van der Waals surface area contributed by atoms with E-state index in [1.54, 1.807) is 7.11 Å². The monoisotopic (exact) mass is 316 g/mol. The fourth-order valence-corrected chi connectivity index (χ4v) is 3.59. The Labute approximate surface area is 134 Å². The average Bonchev–Trinajstić information content (AvgIpc) is 3.05. The van der Waals surface area contributed by atoms with Crippen molar-refractivity contribution in [2.45, 2.75) is 32.2 Å². The number of benzene rings is 1. The van der Waals surface area contributed by atoms with Crippen LogP contribution in [0.2, 0.25) is 0 Å². The van der Waals surface area contributed by atoms with Gasteiger partial charge in [0.05, 0.1) is 7.11 Å². The third-order valence-electron chi connectivity index (χ3n) is 4.12. The number of thiazole rings is 1. The lowest BCUT2D eigenvalue weighted by atomic mass is 10.0. The van der Waals surface area contributed by atoms with Crippen molar-refractivity contribution >= 4 is 17.2 Å². The van der Waals surface area contributed by atoms with Gasteiger partial charge in [0, 0.05) is 23.5 Å². The zero-order chi connectivity index (χ0) is 15.5. The van der Waals surface area contributed by atoms with Crippen LogP contribution in [-0.4, -0.2) is 35.5 Å². The standard InChI is InChI=1S/C17H20N2O2S/c1-12-5-3-4-10-19(12)17(20)15-11-22-16(18-15)13-6-8-14(21-2)9-7-13/h6-9,11-12H,3-5,10H2,1-2H3. The van der Waals surface area contributed by atoms with E-state index in [1.165, 1.54) is 17.8 Å². The van der Waals surface area contributed by atoms with Crippen LogP contribution in [0, 0.1) is 0 Å². The summed E-state index contributed by atoms with van der Waals surface area (Å²) in [6.07, 6.45) is 3.38. The van der Waals surface area contributed by atoms with E-state index in [0.717, 1.165) is 35.7 Å². The summed E-state index contributed by atoms with van der Waals surface area (Å²) in [6.45, 7) is 2.96. The number of hydrogen-bond donors (Lipinski definition) is 0. The number of carbonyl (C=O) groups excluding carboxylic acids is 1. The minimum Gasteiger partial charge on any atom is -0.497 e. The van der Waals surface area contributed by atoms with Crippen LogP contribution < -0.4 is 4.74 Å². The normalized spacial score (nSPS) is 18.3. The first-order chi connectivity index (χ1) is 10.7. The quantitative estimate of drug-likeness (QED) is 0.864. The highest BCUT2D eigenvalue weighted by Gasteiger charge is 2.25. The molecule has 116 valence electrons. The highest BCUT2D eigenvalue weighted by atomic mass is 32.1. The maximum Gasteiger partial charge on any atom is 0.273 e. The van der Waals surface area contributed by atoms with Gasteiger partial charge in [-0.3, -0.25) is 4.79 Å². The molecular weight excluding hydrogens is 296 g/mol. The van der Waals surface area contributed by atoms with Crippen LogP contribution in [0.25, 0.3) is 10.6 Å². The molecule has 22 heavy (non-hydrogen) atoms. The molecule has 1 amide bonds. The third kappa shape index (κ3) is 2.99. The van der Waals surface area contributed by atoms with Crippen molar-refractivity contribution in [1.82, 2.24) is 9.88 Å². The summed E-state index contributed by atoms with van der Waals surface area (Å²) in [5, 5.41) is 2.74. The molecule has 1 atom stereocenters. The number of piperidine rings is 1. The largest absolute Gasteiger partial charge is 0.497 e. The zero-order valence-corrected chi connectivity index (χ0v) is 13.7. The van der Waals surface area contributed by atoms with Crippen molar-refractivity contribution in [2.75, 3.05) is 13.7 Å². The SMILES string of the molecule is COc1ccc(-c2nc(C(=O)N3CCCCC3C)cs2)cc1. The van der Waals surface area contributed by atoms with Crippen molar-refractivity contribution in [2.24, 2.45) is 0 Å². The minimum absolute atomic E-state index is 0.0585. The van der Waals surface area contributed by atoms with E-state index < -0.39 is 0 Å². The predicted molar refractivity (Wildman–Crippen MR) is 88.5 cm³/mol. The van der Waals surface area contributed by atoms with Gasteiger partial charge in [0.2, 0.25) is 0 Å². The number of ether oxygens (including phenoxy) is 1. The summed E-state index contributed by atoms with van der Waals surface area (Å²) in [5.74, 6) is 0.877. The molecule has 5 heteroatoms. The van der Waals surface area contributed by atoms with Crippen molar-refractivity contribution in [1.29, 1.82) is 0 Å². The Bertz CT molecular complexity index is 651.